The maximum atomic E-state index is 11.9. The number of amides is 1. The van der Waals surface area contributed by atoms with Crippen LogP contribution >= 0.6 is 23.2 Å². The van der Waals surface area contributed by atoms with Crippen molar-refractivity contribution in [2.75, 3.05) is 6.61 Å². The minimum absolute atomic E-state index is 0.155. The first kappa shape index (κ1) is 19.3. The Morgan fingerprint density at radius 3 is 2.72 bits per heavy atom. The summed E-state index contributed by atoms with van der Waals surface area (Å²) in [7, 11) is 0. The summed E-state index contributed by atoms with van der Waals surface area (Å²) >= 11 is 11.8. The predicted octanol–water partition coefficient (Wildman–Crippen LogP) is 5.00. The van der Waals surface area contributed by atoms with E-state index in [1.54, 1.807) is 18.2 Å². The Bertz CT molecular complexity index is 776. The smallest absolute Gasteiger partial charge is 0.240 e. The van der Waals surface area contributed by atoms with Crippen molar-refractivity contribution < 1.29 is 9.53 Å². The zero-order chi connectivity index (χ0) is 18.2. The first-order valence-corrected chi connectivity index (χ1v) is 8.69. The minimum Gasteiger partial charge on any atom is -0.492 e. The van der Waals surface area contributed by atoms with Gasteiger partial charge in [0.15, 0.2) is 0 Å². The SMILES string of the molecule is C/C(=N\NC(=O)CCCOc1ccc(Cl)cc1Cl)c1cccc(C)c1. The Morgan fingerprint density at radius 2 is 2.00 bits per heavy atom. The number of rotatable bonds is 7. The third kappa shape index (κ3) is 6.40. The van der Waals surface area contributed by atoms with Crippen molar-refractivity contribution in [1.82, 2.24) is 5.43 Å². The van der Waals surface area contributed by atoms with Gasteiger partial charge >= 0.3 is 0 Å². The van der Waals surface area contributed by atoms with E-state index in [0.29, 0.717) is 35.2 Å². The number of halogens is 2. The highest BCUT2D eigenvalue weighted by Crippen LogP contribution is 2.27. The number of benzene rings is 2. The van der Waals surface area contributed by atoms with Crippen molar-refractivity contribution in [3.63, 3.8) is 0 Å². The summed E-state index contributed by atoms with van der Waals surface area (Å²) in [6, 6.07) is 13.0. The van der Waals surface area contributed by atoms with Gasteiger partial charge in [0.25, 0.3) is 0 Å². The van der Waals surface area contributed by atoms with Gasteiger partial charge in [-0.2, -0.15) is 5.10 Å². The molecule has 0 fully saturated rings. The third-order valence-corrected chi connectivity index (χ3v) is 4.01. The summed E-state index contributed by atoms with van der Waals surface area (Å²) in [6.45, 7) is 4.26. The molecule has 0 aliphatic carbocycles. The fourth-order valence-electron chi connectivity index (χ4n) is 2.14. The van der Waals surface area contributed by atoms with Crippen molar-refractivity contribution in [2.45, 2.75) is 26.7 Å². The summed E-state index contributed by atoms with van der Waals surface area (Å²) in [4.78, 5) is 11.9. The molecule has 6 heteroatoms. The zero-order valence-corrected chi connectivity index (χ0v) is 15.7. The van der Waals surface area contributed by atoms with E-state index in [2.05, 4.69) is 10.5 Å². The van der Waals surface area contributed by atoms with Gasteiger partial charge in [-0.15, -0.1) is 0 Å². The molecule has 0 bridgehead atoms. The van der Waals surface area contributed by atoms with E-state index in [0.717, 1.165) is 16.8 Å². The van der Waals surface area contributed by atoms with Crippen LogP contribution in [0.1, 0.15) is 30.9 Å². The molecule has 1 N–H and O–H groups in total. The highest BCUT2D eigenvalue weighted by atomic mass is 35.5. The monoisotopic (exact) mass is 378 g/mol. The third-order valence-electron chi connectivity index (χ3n) is 3.48. The molecular weight excluding hydrogens is 359 g/mol. The van der Waals surface area contributed by atoms with Crippen LogP contribution in [0.25, 0.3) is 0 Å². The van der Waals surface area contributed by atoms with Crippen molar-refractivity contribution >= 4 is 34.8 Å². The average Bonchev–Trinajstić information content (AvgIpc) is 2.58. The Balaban J connectivity index is 1.74. The summed E-state index contributed by atoms with van der Waals surface area (Å²) in [5, 5.41) is 5.14. The second-order valence-electron chi connectivity index (χ2n) is 5.63. The second-order valence-corrected chi connectivity index (χ2v) is 6.47. The Hall–Kier alpha value is -2.04. The molecule has 4 nitrogen and oxygen atoms in total. The summed E-state index contributed by atoms with van der Waals surface area (Å²) in [6.07, 6.45) is 0.875. The lowest BCUT2D eigenvalue weighted by molar-refractivity contribution is -0.121. The van der Waals surface area contributed by atoms with Gasteiger partial charge in [0.2, 0.25) is 5.91 Å². The lowest BCUT2D eigenvalue weighted by Gasteiger charge is -2.08. The van der Waals surface area contributed by atoms with Crippen molar-refractivity contribution in [1.29, 1.82) is 0 Å². The van der Waals surface area contributed by atoms with E-state index in [-0.39, 0.29) is 5.91 Å². The highest BCUT2D eigenvalue weighted by molar-refractivity contribution is 6.35. The van der Waals surface area contributed by atoms with Crippen LogP contribution in [0.15, 0.2) is 47.6 Å². The number of carbonyl (C=O) groups is 1. The maximum absolute atomic E-state index is 11.9. The van der Waals surface area contributed by atoms with Gasteiger partial charge in [-0.05, 0) is 44.0 Å². The van der Waals surface area contributed by atoms with Crippen LogP contribution in [0.2, 0.25) is 10.0 Å². The molecular formula is C19H20Cl2N2O2. The predicted molar refractivity (Wildman–Crippen MR) is 103 cm³/mol. The summed E-state index contributed by atoms with van der Waals surface area (Å²) < 4.78 is 5.54. The largest absolute Gasteiger partial charge is 0.492 e. The average molecular weight is 379 g/mol. The van der Waals surface area contributed by atoms with E-state index in [9.17, 15) is 4.79 Å². The topological polar surface area (TPSA) is 50.7 Å². The molecule has 0 saturated heterocycles. The molecule has 2 aromatic carbocycles. The first-order valence-electron chi connectivity index (χ1n) is 7.94. The van der Waals surface area contributed by atoms with E-state index in [1.165, 1.54) is 0 Å². The number of nitrogens with zero attached hydrogens (tertiary/aromatic N) is 1. The lowest BCUT2D eigenvalue weighted by Crippen LogP contribution is -2.19. The molecule has 132 valence electrons. The molecule has 0 heterocycles. The minimum atomic E-state index is -0.155. The molecule has 0 radical (unpaired) electrons. The molecule has 0 saturated carbocycles. The van der Waals surface area contributed by atoms with Crippen LogP contribution < -0.4 is 10.2 Å². The van der Waals surface area contributed by atoms with Crippen molar-refractivity contribution in [3.8, 4) is 5.75 Å². The molecule has 0 aromatic heterocycles. The van der Waals surface area contributed by atoms with Crippen LogP contribution in [-0.4, -0.2) is 18.2 Å². The number of hydrazone groups is 1. The van der Waals surface area contributed by atoms with E-state index < -0.39 is 0 Å². The van der Waals surface area contributed by atoms with Gasteiger partial charge in [0.05, 0.1) is 17.3 Å². The Morgan fingerprint density at radius 1 is 1.20 bits per heavy atom. The van der Waals surface area contributed by atoms with Gasteiger partial charge in [-0.3, -0.25) is 4.79 Å². The quantitative estimate of drug-likeness (QED) is 0.418. The fraction of sp³-hybridized carbons (Fsp3) is 0.263. The van der Waals surface area contributed by atoms with Crippen LogP contribution in [0.5, 0.6) is 5.75 Å². The van der Waals surface area contributed by atoms with E-state index >= 15 is 0 Å². The van der Waals surface area contributed by atoms with Gasteiger partial charge in [0, 0.05) is 11.4 Å². The maximum Gasteiger partial charge on any atom is 0.240 e. The normalized spacial score (nSPS) is 11.3. The molecule has 0 aliphatic heterocycles. The molecule has 2 rings (SSSR count). The number of hydrogen-bond donors (Lipinski definition) is 1. The number of carbonyl (C=O) groups excluding carboxylic acids is 1. The van der Waals surface area contributed by atoms with Crippen LogP contribution in [0, 0.1) is 6.92 Å². The van der Waals surface area contributed by atoms with Crippen LogP contribution in [-0.2, 0) is 4.79 Å². The first-order chi connectivity index (χ1) is 12.0. The molecule has 25 heavy (non-hydrogen) atoms. The molecule has 0 unspecified atom stereocenters. The van der Waals surface area contributed by atoms with E-state index in [1.807, 2.05) is 38.1 Å². The lowest BCUT2D eigenvalue weighted by atomic mass is 10.1. The molecule has 0 spiro atoms. The van der Waals surface area contributed by atoms with Gasteiger partial charge in [-0.25, -0.2) is 5.43 Å². The highest BCUT2D eigenvalue weighted by Gasteiger charge is 2.05. The Labute approximate surface area is 157 Å². The van der Waals surface area contributed by atoms with Gasteiger partial charge < -0.3 is 4.74 Å². The number of hydrogen-bond acceptors (Lipinski definition) is 3. The number of nitrogens with one attached hydrogen (secondary N) is 1. The van der Waals surface area contributed by atoms with Crippen LogP contribution in [0.4, 0.5) is 0 Å². The Kier molecular flexibility index (Phi) is 7.29. The van der Waals surface area contributed by atoms with Gasteiger partial charge in [-0.1, -0.05) is 53.0 Å². The van der Waals surface area contributed by atoms with Gasteiger partial charge in [0.1, 0.15) is 5.75 Å². The number of aryl methyl sites for hydroxylation is 1. The zero-order valence-electron chi connectivity index (χ0n) is 14.2. The van der Waals surface area contributed by atoms with Crippen LogP contribution in [0.3, 0.4) is 0 Å². The second kappa shape index (κ2) is 9.44. The fourth-order valence-corrected chi connectivity index (χ4v) is 2.61. The summed E-state index contributed by atoms with van der Waals surface area (Å²) in [5.41, 5.74) is 5.47. The van der Waals surface area contributed by atoms with Crippen molar-refractivity contribution in [3.05, 3.63) is 63.6 Å². The number of ether oxygens (including phenoxy) is 1. The molecule has 0 aliphatic rings. The van der Waals surface area contributed by atoms with E-state index in [4.69, 9.17) is 27.9 Å². The molecule has 1 amide bonds. The molecule has 2 aromatic rings. The molecule has 0 atom stereocenters. The summed E-state index contributed by atoms with van der Waals surface area (Å²) in [5.74, 6) is 0.401. The standard InChI is InChI=1S/C19H20Cl2N2O2/c1-13-5-3-6-15(11-13)14(2)22-23-19(24)7-4-10-25-18-9-8-16(20)12-17(18)21/h3,5-6,8-9,11-12H,4,7,10H2,1-2H3,(H,23,24)/b22-14+. The van der Waals surface area contributed by atoms with Crippen molar-refractivity contribution in [2.24, 2.45) is 5.10 Å².